The van der Waals surface area contributed by atoms with Crippen LogP contribution in [0.1, 0.15) is 5.56 Å². The third kappa shape index (κ3) is 3.02. The maximum absolute atomic E-state index is 9.70. The van der Waals surface area contributed by atoms with Gasteiger partial charge in [0.25, 0.3) is 0 Å². The van der Waals surface area contributed by atoms with Gasteiger partial charge < -0.3 is 10.4 Å². The molecule has 2 aromatic rings. The first kappa shape index (κ1) is 13.3. The van der Waals surface area contributed by atoms with E-state index in [0.29, 0.717) is 27.2 Å². The SMILES string of the molecule is Oc1cccc(Cl)c1CNc1ccc(Cl)cc1Cl. The van der Waals surface area contributed by atoms with E-state index in [1.165, 1.54) is 0 Å². The number of rotatable bonds is 3. The van der Waals surface area contributed by atoms with E-state index >= 15 is 0 Å². The zero-order valence-corrected chi connectivity index (χ0v) is 11.5. The summed E-state index contributed by atoms with van der Waals surface area (Å²) in [5.41, 5.74) is 1.37. The second-order valence-corrected chi connectivity index (χ2v) is 4.97. The van der Waals surface area contributed by atoms with Crippen LogP contribution >= 0.6 is 34.8 Å². The molecule has 18 heavy (non-hydrogen) atoms. The molecule has 0 amide bonds. The summed E-state index contributed by atoms with van der Waals surface area (Å²) in [6.07, 6.45) is 0. The fraction of sp³-hybridized carbons (Fsp3) is 0.0769. The van der Waals surface area contributed by atoms with Crippen LogP contribution in [0.15, 0.2) is 36.4 Å². The van der Waals surface area contributed by atoms with E-state index < -0.39 is 0 Å². The largest absolute Gasteiger partial charge is 0.508 e. The first-order chi connectivity index (χ1) is 8.58. The third-order valence-electron chi connectivity index (χ3n) is 2.48. The van der Waals surface area contributed by atoms with Gasteiger partial charge in [-0.2, -0.15) is 0 Å². The van der Waals surface area contributed by atoms with Crippen molar-refractivity contribution in [1.82, 2.24) is 0 Å². The molecule has 0 aliphatic carbocycles. The molecule has 0 unspecified atom stereocenters. The topological polar surface area (TPSA) is 32.3 Å². The van der Waals surface area contributed by atoms with Gasteiger partial charge in [0.15, 0.2) is 0 Å². The molecule has 0 spiro atoms. The molecule has 0 saturated carbocycles. The number of benzene rings is 2. The van der Waals surface area contributed by atoms with Crippen molar-refractivity contribution in [3.05, 3.63) is 57.0 Å². The smallest absolute Gasteiger partial charge is 0.122 e. The lowest BCUT2D eigenvalue weighted by Gasteiger charge is -2.11. The van der Waals surface area contributed by atoms with E-state index in [1.807, 2.05) is 0 Å². The Morgan fingerprint density at radius 1 is 1.00 bits per heavy atom. The van der Waals surface area contributed by atoms with Crippen LogP contribution in [0, 0.1) is 0 Å². The Balaban J connectivity index is 2.16. The van der Waals surface area contributed by atoms with Crippen LogP contribution < -0.4 is 5.32 Å². The molecule has 2 aromatic carbocycles. The molecule has 0 fully saturated rings. The van der Waals surface area contributed by atoms with Crippen LogP contribution in [0.5, 0.6) is 5.75 Å². The van der Waals surface area contributed by atoms with E-state index in [9.17, 15) is 5.11 Å². The van der Waals surface area contributed by atoms with E-state index in [-0.39, 0.29) is 5.75 Å². The molecule has 5 heteroatoms. The molecule has 0 aromatic heterocycles. The normalized spacial score (nSPS) is 10.4. The summed E-state index contributed by atoms with van der Waals surface area (Å²) in [7, 11) is 0. The first-order valence-electron chi connectivity index (χ1n) is 5.23. The number of hydrogen-bond acceptors (Lipinski definition) is 2. The Morgan fingerprint density at radius 3 is 2.44 bits per heavy atom. The third-order valence-corrected chi connectivity index (χ3v) is 3.38. The summed E-state index contributed by atoms with van der Waals surface area (Å²) in [5, 5.41) is 14.4. The van der Waals surface area contributed by atoms with Gasteiger partial charge in [0, 0.05) is 22.2 Å². The van der Waals surface area contributed by atoms with Gasteiger partial charge >= 0.3 is 0 Å². The van der Waals surface area contributed by atoms with Crippen molar-refractivity contribution >= 4 is 40.5 Å². The van der Waals surface area contributed by atoms with Gasteiger partial charge in [-0.3, -0.25) is 0 Å². The number of phenols is 1. The molecule has 0 saturated heterocycles. The van der Waals surface area contributed by atoms with Crippen molar-refractivity contribution in [2.45, 2.75) is 6.54 Å². The maximum atomic E-state index is 9.70. The van der Waals surface area contributed by atoms with Crippen LogP contribution in [-0.2, 0) is 6.54 Å². The van der Waals surface area contributed by atoms with Gasteiger partial charge in [-0.1, -0.05) is 40.9 Å². The van der Waals surface area contributed by atoms with E-state index in [2.05, 4.69) is 5.32 Å². The Morgan fingerprint density at radius 2 is 1.78 bits per heavy atom. The highest BCUT2D eigenvalue weighted by Crippen LogP contribution is 2.29. The second kappa shape index (κ2) is 5.70. The van der Waals surface area contributed by atoms with Crippen molar-refractivity contribution in [3.63, 3.8) is 0 Å². The monoisotopic (exact) mass is 301 g/mol. The average Bonchev–Trinajstić information content (AvgIpc) is 2.31. The van der Waals surface area contributed by atoms with Gasteiger partial charge in [-0.05, 0) is 30.3 Å². The Labute approximate surface area is 120 Å². The molecule has 2 rings (SSSR count). The number of halogens is 3. The van der Waals surface area contributed by atoms with Crippen LogP contribution in [0.2, 0.25) is 15.1 Å². The second-order valence-electron chi connectivity index (χ2n) is 3.72. The highest BCUT2D eigenvalue weighted by atomic mass is 35.5. The average molecular weight is 303 g/mol. The molecule has 2 N–H and O–H groups in total. The lowest BCUT2D eigenvalue weighted by molar-refractivity contribution is 0.469. The zero-order valence-electron chi connectivity index (χ0n) is 9.25. The molecular weight excluding hydrogens is 293 g/mol. The van der Waals surface area contributed by atoms with Crippen molar-refractivity contribution < 1.29 is 5.11 Å². The fourth-order valence-electron chi connectivity index (χ4n) is 1.54. The molecule has 0 aliphatic rings. The highest BCUT2D eigenvalue weighted by Gasteiger charge is 2.07. The van der Waals surface area contributed by atoms with Crippen LogP contribution in [-0.4, -0.2) is 5.11 Å². The molecule has 0 bridgehead atoms. The minimum atomic E-state index is 0.153. The van der Waals surface area contributed by atoms with Crippen LogP contribution in [0.3, 0.4) is 0 Å². The van der Waals surface area contributed by atoms with E-state index in [0.717, 1.165) is 5.69 Å². The number of hydrogen-bond donors (Lipinski definition) is 2. The van der Waals surface area contributed by atoms with Crippen LogP contribution in [0.4, 0.5) is 5.69 Å². The molecule has 94 valence electrons. The summed E-state index contributed by atoms with van der Waals surface area (Å²) in [5.74, 6) is 0.153. The van der Waals surface area contributed by atoms with Gasteiger partial charge in [0.2, 0.25) is 0 Å². The van der Waals surface area contributed by atoms with Gasteiger partial charge in [-0.15, -0.1) is 0 Å². The van der Waals surface area contributed by atoms with Gasteiger partial charge in [0.05, 0.1) is 10.7 Å². The van der Waals surface area contributed by atoms with Crippen molar-refractivity contribution in [3.8, 4) is 5.75 Å². The standard InChI is InChI=1S/C13H10Cl3NO/c14-8-4-5-12(11(16)6-8)17-7-9-10(15)2-1-3-13(9)18/h1-6,17-18H,7H2. The minimum Gasteiger partial charge on any atom is -0.508 e. The molecular formula is C13H10Cl3NO. The first-order valence-corrected chi connectivity index (χ1v) is 6.36. The highest BCUT2D eigenvalue weighted by molar-refractivity contribution is 6.36. The van der Waals surface area contributed by atoms with E-state index in [4.69, 9.17) is 34.8 Å². The molecule has 0 radical (unpaired) electrons. The summed E-state index contributed by atoms with van der Waals surface area (Å²) in [6, 6.07) is 10.2. The number of anilines is 1. The number of phenolic OH excluding ortho intramolecular Hbond substituents is 1. The Kier molecular flexibility index (Phi) is 4.23. The fourth-order valence-corrected chi connectivity index (χ4v) is 2.25. The number of nitrogens with one attached hydrogen (secondary N) is 1. The zero-order chi connectivity index (χ0) is 13.1. The molecule has 0 heterocycles. The summed E-state index contributed by atoms with van der Waals surface area (Å²) < 4.78 is 0. The summed E-state index contributed by atoms with van der Waals surface area (Å²) in [6.45, 7) is 0.382. The molecule has 0 aliphatic heterocycles. The van der Waals surface area contributed by atoms with Gasteiger partial charge in [-0.25, -0.2) is 0 Å². The van der Waals surface area contributed by atoms with E-state index in [1.54, 1.807) is 36.4 Å². The Bertz CT molecular complexity index is 552. The molecule has 0 atom stereocenters. The summed E-state index contributed by atoms with van der Waals surface area (Å²) >= 11 is 17.9. The molecule has 2 nitrogen and oxygen atoms in total. The lowest BCUT2D eigenvalue weighted by Crippen LogP contribution is -2.01. The Hall–Kier alpha value is -1.09. The quantitative estimate of drug-likeness (QED) is 0.839. The predicted molar refractivity (Wildman–Crippen MR) is 76.9 cm³/mol. The van der Waals surface area contributed by atoms with Crippen molar-refractivity contribution in [1.29, 1.82) is 0 Å². The van der Waals surface area contributed by atoms with Crippen molar-refractivity contribution in [2.75, 3.05) is 5.32 Å². The maximum Gasteiger partial charge on any atom is 0.122 e. The van der Waals surface area contributed by atoms with Gasteiger partial charge in [0.1, 0.15) is 5.75 Å². The summed E-state index contributed by atoms with van der Waals surface area (Å²) in [4.78, 5) is 0. The number of aromatic hydroxyl groups is 1. The van der Waals surface area contributed by atoms with Crippen molar-refractivity contribution in [2.24, 2.45) is 0 Å². The van der Waals surface area contributed by atoms with Crippen LogP contribution in [0.25, 0.3) is 0 Å². The predicted octanol–water partition coefficient (Wildman–Crippen LogP) is 4.96. The minimum absolute atomic E-state index is 0.153. The lowest BCUT2D eigenvalue weighted by atomic mass is 10.2.